The lowest BCUT2D eigenvalue weighted by atomic mass is 10.1. The molecule has 8 heteroatoms. The first-order valence-electron chi connectivity index (χ1n) is 5.56. The molecule has 0 aliphatic rings. The fourth-order valence-electron chi connectivity index (χ4n) is 1.06. The van der Waals surface area contributed by atoms with Crippen LogP contribution in [0.2, 0.25) is 0 Å². The Labute approximate surface area is 117 Å². The summed E-state index contributed by atoms with van der Waals surface area (Å²) in [6.45, 7) is 6.00. The Hall–Kier alpha value is -0.230. The maximum Gasteiger partial charge on any atom is 0.326 e. The van der Waals surface area contributed by atoms with E-state index in [1.807, 2.05) is 6.92 Å². The van der Waals surface area contributed by atoms with Crippen molar-refractivity contribution in [1.29, 1.82) is 0 Å². The zero-order valence-electron chi connectivity index (χ0n) is 10.7. The second kappa shape index (κ2) is 9.67. The van der Waals surface area contributed by atoms with E-state index in [2.05, 4.69) is 5.32 Å². The van der Waals surface area contributed by atoms with Gasteiger partial charge < -0.3 is 15.2 Å². The number of nitrogens with one attached hydrogen (secondary N) is 1. The Morgan fingerprint density at radius 2 is 2.11 bits per heavy atom. The molecule has 0 fully saturated rings. The molecular weight excluding hydrogens is 293 g/mol. The monoisotopic (exact) mass is 312 g/mol. The van der Waals surface area contributed by atoms with Gasteiger partial charge in [0, 0.05) is 6.61 Å². The molecule has 0 bridgehead atoms. The van der Waals surface area contributed by atoms with Crippen LogP contribution in [0.15, 0.2) is 0 Å². The first-order valence-corrected chi connectivity index (χ1v) is 9.69. The van der Waals surface area contributed by atoms with E-state index < -0.39 is 17.9 Å². The standard InChI is InChI=1S/C10H18NO4PS2/c1-4-15-6-16(17)18-5-8(12)11-9(7(2)3)10(13)14/h7,9H,4-6H2,1-3H3,(H-,11,12,13,14)/p+1/t9-/m1/s1. The molecule has 0 aliphatic carbocycles. The molecule has 0 aromatic rings. The van der Waals surface area contributed by atoms with Gasteiger partial charge in [-0.2, -0.15) is 0 Å². The zero-order chi connectivity index (χ0) is 14.1. The van der Waals surface area contributed by atoms with Crippen LogP contribution in [0.3, 0.4) is 0 Å². The minimum absolute atomic E-state index is 0.148. The number of carbonyl (C=O) groups excluding carboxylic acids is 1. The summed E-state index contributed by atoms with van der Waals surface area (Å²) in [4.78, 5) is 22.5. The number of rotatable bonds is 9. The lowest BCUT2D eigenvalue weighted by Gasteiger charge is -2.16. The van der Waals surface area contributed by atoms with Gasteiger partial charge in [0.05, 0.1) is 0 Å². The molecule has 0 aromatic heterocycles. The lowest BCUT2D eigenvalue weighted by molar-refractivity contribution is -0.142. The summed E-state index contributed by atoms with van der Waals surface area (Å²) in [7, 11) is 0. The van der Waals surface area contributed by atoms with Crippen LogP contribution in [0.1, 0.15) is 20.8 Å². The SMILES string of the molecule is CCOC[P+](=S)SCC(=O)N[C@@H](C(=O)O)C(C)C. The van der Waals surface area contributed by atoms with Crippen LogP contribution >= 0.6 is 17.3 Å². The molecule has 0 heterocycles. The van der Waals surface area contributed by atoms with Crippen molar-refractivity contribution >= 4 is 41.0 Å². The average molecular weight is 312 g/mol. The van der Waals surface area contributed by atoms with E-state index in [4.69, 9.17) is 21.7 Å². The number of hydrogen-bond acceptors (Lipinski definition) is 5. The van der Waals surface area contributed by atoms with Crippen molar-refractivity contribution in [2.24, 2.45) is 5.92 Å². The fraction of sp³-hybridized carbons (Fsp3) is 0.800. The van der Waals surface area contributed by atoms with Crippen LogP contribution in [0.5, 0.6) is 0 Å². The van der Waals surface area contributed by atoms with Crippen molar-refractivity contribution in [3.8, 4) is 0 Å². The number of hydrogen-bond donors (Lipinski definition) is 2. The number of aliphatic carboxylic acids is 1. The molecule has 1 unspecified atom stereocenters. The third kappa shape index (κ3) is 7.97. The summed E-state index contributed by atoms with van der Waals surface area (Å²) in [5.74, 6) is -2.09. The van der Waals surface area contributed by atoms with Crippen molar-refractivity contribution in [2.45, 2.75) is 26.8 Å². The summed E-state index contributed by atoms with van der Waals surface area (Å²) in [6.07, 6.45) is 0.478. The number of carbonyl (C=O) groups is 2. The third-order valence-corrected chi connectivity index (χ3v) is 5.89. The summed E-state index contributed by atoms with van der Waals surface area (Å²) >= 11 is 6.48. The largest absolute Gasteiger partial charge is 0.480 e. The molecule has 0 radical (unpaired) electrons. The summed E-state index contributed by atoms with van der Waals surface area (Å²) in [6, 6.07) is -0.846. The van der Waals surface area contributed by atoms with Crippen LogP contribution in [0.4, 0.5) is 0 Å². The quantitative estimate of drug-likeness (QED) is 0.632. The molecule has 1 amide bonds. The highest BCUT2D eigenvalue weighted by atomic mass is 32.9. The van der Waals surface area contributed by atoms with E-state index >= 15 is 0 Å². The van der Waals surface area contributed by atoms with Gasteiger partial charge in [0.1, 0.15) is 23.2 Å². The summed E-state index contributed by atoms with van der Waals surface area (Å²) in [5.41, 5.74) is 0. The summed E-state index contributed by atoms with van der Waals surface area (Å²) in [5, 5.41) is 11.4. The molecule has 104 valence electrons. The van der Waals surface area contributed by atoms with Gasteiger partial charge in [-0.25, -0.2) is 4.79 Å². The van der Waals surface area contributed by atoms with Gasteiger partial charge in [0.25, 0.3) is 5.90 Å². The number of carboxylic acids is 1. The molecular formula is C10H19NO4PS2+. The van der Waals surface area contributed by atoms with E-state index in [0.29, 0.717) is 13.0 Å². The highest BCUT2D eigenvalue weighted by Crippen LogP contribution is 2.37. The lowest BCUT2D eigenvalue weighted by Crippen LogP contribution is -2.44. The Balaban J connectivity index is 4.03. The smallest absolute Gasteiger partial charge is 0.326 e. The highest BCUT2D eigenvalue weighted by Gasteiger charge is 2.24. The Kier molecular flexibility index (Phi) is 9.54. The van der Waals surface area contributed by atoms with Crippen molar-refractivity contribution in [2.75, 3.05) is 18.7 Å². The maximum absolute atomic E-state index is 11.6. The first-order chi connectivity index (χ1) is 8.38. The van der Waals surface area contributed by atoms with Crippen molar-refractivity contribution in [1.82, 2.24) is 5.32 Å². The van der Waals surface area contributed by atoms with Gasteiger partial charge in [-0.05, 0) is 12.8 Å². The van der Waals surface area contributed by atoms with Crippen molar-refractivity contribution < 1.29 is 19.4 Å². The molecule has 2 N–H and O–H groups in total. The van der Waals surface area contributed by atoms with Crippen LogP contribution < -0.4 is 5.32 Å². The van der Waals surface area contributed by atoms with Gasteiger partial charge in [-0.3, -0.25) is 4.79 Å². The summed E-state index contributed by atoms with van der Waals surface area (Å²) < 4.78 is 5.16. The second-order valence-corrected chi connectivity index (χ2v) is 9.44. The maximum atomic E-state index is 11.6. The van der Waals surface area contributed by atoms with Crippen LogP contribution in [0, 0.1) is 5.92 Å². The van der Waals surface area contributed by atoms with Crippen LogP contribution in [-0.2, 0) is 26.1 Å². The van der Waals surface area contributed by atoms with E-state index in [-0.39, 0.29) is 17.6 Å². The topological polar surface area (TPSA) is 75.6 Å². The number of amides is 1. The fourth-order valence-corrected chi connectivity index (χ4v) is 3.74. The Morgan fingerprint density at radius 1 is 1.50 bits per heavy atom. The van der Waals surface area contributed by atoms with Crippen LogP contribution in [0.25, 0.3) is 0 Å². The Morgan fingerprint density at radius 3 is 2.56 bits per heavy atom. The average Bonchev–Trinajstić information content (AvgIpc) is 2.29. The van der Waals surface area contributed by atoms with Gasteiger partial charge in [-0.15, -0.1) is 0 Å². The molecule has 2 atom stereocenters. The van der Waals surface area contributed by atoms with E-state index in [1.165, 1.54) is 11.4 Å². The van der Waals surface area contributed by atoms with Gasteiger partial charge in [-0.1, -0.05) is 13.8 Å². The van der Waals surface area contributed by atoms with E-state index in [1.54, 1.807) is 13.8 Å². The zero-order valence-corrected chi connectivity index (χ0v) is 13.2. The second-order valence-electron chi connectivity index (χ2n) is 3.86. The third-order valence-electron chi connectivity index (χ3n) is 1.99. The normalized spacial score (nSPS) is 13.2. The first kappa shape index (κ1) is 17.8. The molecule has 0 aliphatic heterocycles. The molecule has 0 saturated carbocycles. The predicted octanol–water partition coefficient (Wildman–Crippen LogP) is 1.80. The molecule has 0 spiro atoms. The number of ether oxygens (including phenoxy) is 1. The minimum Gasteiger partial charge on any atom is -0.480 e. The van der Waals surface area contributed by atoms with Gasteiger partial charge in [0.2, 0.25) is 12.3 Å². The minimum atomic E-state index is -1.02. The number of carboxylic acid groups (broad SMARTS) is 1. The molecule has 0 aromatic carbocycles. The molecule has 18 heavy (non-hydrogen) atoms. The molecule has 5 nitrogen and oxygen atoms in total. The molecule has 0 rings (SSSR count). The highest BCUT2D eigenvalue weighted by molar-refractivity contribution is 8.64. The molecule has 0 saturated heterocycles. The van der Waals surface area contributed by atoms with Gasteiger partial charge >= 0.3 is 5.97 Å². The van der Waals surface area contributed by atoms with Crippen molar-refractivity contribution in [3.63, 3.8) is 0 Å². The van der Waals surface area contributed by atoms with E-state index in [9.17, 15) is 9.59 Å². The Bertz CT molecular complexity index is 312. The van der Waals surface area contributed by atoms with E-state index in [0.717, 1.165) is 0 Å². The van der Waals surface area contributed by atoms with Crippen molar-refractivity contribution in [3.05, 3.63) is 0 Å². The van der Waals surface area contributed by atoms with Gasteiger partial charge in [0.15, 0.2) is 11.8 Å². The predicted molar refractivity (Wildman–Crippen MR) is 77.6 cm³/mol. The van der Waals surface area contributed by atoms with Crippen LogP contribution in [-0.4, -0.2) is 41.7 Å².